The minimum Gasteiger partial charge on any atom is -0.487 e. The predicted molar refractivity (Wildman–Crippen MR) is 82.6 cm³/mol. The lowest BCUT2D eigenvalue weighted by molar-refractivity contribution is 0.0988. The van der Waals surface area contributed by atoms with Crippen molar-refractivity contribution < 1.29 is 14.3 Å². The number of Topliss-reactive ketones (excluding diaryl/α,β-unsaturated/α-hetero) is 1. The van der Waals surface area contributed by atoms with Gasteiger partial charge in [-0.2, -0.15) is 0 Å². The summed E-state index contributed by atoms with van der Waals surface area (Å²) in [5, 5.41) is 0.354. The molecule has 0 fully saturated rings. The van der Waals surface area contributed by atoms with Crippen LogP contribution in [0.25, 0.3) is 0 Å². The number of ether oxygens (including phenoxy) is 2. The van der Waals surface area contributed by atoms with Gasteiger partial charge < -0.3 is 9.47 Å². The van der Waals surface area contributed by atoms with E-state index in [1.807, 2.05) is 27.7 Å². The monoisotopic (exact) mass is 318 g/mol. The molecule has 0 N–H and O–H groups in total. The Labute approximate surface area is 130 Å². The van der Waals surface area contributed by atoms with Gasteiger partial charge >= 0.3 is 0 Å². The number of carbonyl (C=O) groups is 1. The van der Waals surface area contributed by atoms with Crippen LogP contribution in [0.15, 0.2) is 12.1 Å². The van der Waals surface area contributed by atoms with E-state index in [0.29, 0.717) is 22.1 Å². The lowest BCUT2D eigenvalue weighted by Gasteiger charge is -2.18. The predicted octanol–water partition coefficient (Wildman–Crippen LogP) is 4.73. The second kappa shape index (κ2) is 7.75. The topological polar surface area (TPSA) is 35.5 Å². The normalized spacial score (nSPS) is 11.0. The Bertz CT molecular complexity index is 470. The highest BCUT2D eigenvalue weighted by atomic mass is 35.5. The van der Waals surface area contributed by atoms with Gasteiger partial charge in [-0.05, 0) is 33.8 Å². The van der Waals surface area contributed by atoms with E-state index < -0.39 is 0 Å². The fourth-order valence-electron chi connectivity index (χ4n) is 1.66. The van der Waals surface area contributed by atoms with Gasteiger partial charge in [-0.3, -0.25) is 4.79 Å². The molecule has 5 heteroatoms. The molecule has 0 aromatic heterocycles. The first-order valence-corrected chi connectivity index (χ1v) is 7.52. The minimum absolute atomic E-state index is 0.00928. The number of hydrogen-bond acceptors (Lipinski definition) is 3. The summed E-state index contributed by atoms with van der Waals surface area (Å²) in [7, 11) is 0. The molecule has 0 bridgehead atoms. The molecule has 0 heterocycles. The Morgan fingerprint density at radius 2 is 1.60 bits per heavy atom. The van der Waals surface area contributed by atoms with E-state index in [1.54, 1.807) is 12.1 Å². The van der Waals surface area contributed by atoms with Crippen LogP contribution in [0.5, 0.6) is 11.5 Å². The van der Waals surface area contributed by atoms with Gasteiger partial charge in [0.25, 0.3) is 0 Å². The van der Waals surface area contributed by atoms with Crippen molar-refractivity contribution in [2.24, 2.45) is 0 Å². The fraction of sp³-hybridized carbons (Fsp3) is 0.533. The first kappa shape index (κ1) is 17.1. The number of rotatable bonds is 7. The summed E-state index contributed by atoms with van der Waals surface area (Å²) in [5.74, 6) is 1.23. The van der Waals surface area contributed by atoms with Crippen molar-refractivity contribution in [3.63, 3.8) is 0 Å². The molecule has 0 aliphatic heterocycles. The maximum Gasteiger partial charge on any atom is 0.165 e. The van der Waals surface area contributed by atoms with E-state index in [2.05, 4.69) is 0 Å². The van der Waals surface area contributed by atoms with Crippen LogP contribution in [0.3, 0.4) is 0 Å². The van der Waals surface area contributed by atoms with Crippen molar-refractivity contribution in [1.82, 2.24) is 0 Å². The van der Waals surface area contributed by atoms with Crippen LogP contribution < -0.4 is 9.47 Å². The molecule has 20 heavy (non-hydrogen) atoms. The maximum atomic E-state index is 12.0. The van der Waals surface area contributed by atoms with E-state index >= 15 is 0 Å². The van der Waals surface area contributed by atoms with Crippen molar-refractivity contribution in [3.8, 4) is 11.5 Å². The van der Waals surface area contributed by atoms with Gasteiger partial charge in [0.1, 0.15) is 0 Å². The highest BCUT2D eigenvalue weighted by molar-refractivity contribution is 6.34. The van der Waals surface area contributed by atoms with Crippen molar-refractivity contribution in [2.45, 2.75) is 46.3 Å². The number of ketones is 1. The van der Waals surface area contributed by atoms with Gasteiger partial charge in [-0.15, -0.1) is 11.6 Å². The summed E-state index contributed by atoms with van der Waals surface area (Å²) in [4.78, 5) is 12.0. The molecule has 0 saturated carbocycles. The largest absolute Gasteiger partial charge is 0.487 e. The average molecular weight is 319 g/mol. The molecule has 0 spiro atoms. The SMILES string of the molecule is CC(C)Oc1cc(Cl)c(C(=O)CCCl)cc1OC(C)C. The summed E-state index contributed by atoms with van der Waals surface area (Å²) in [5.41, 5.74) is 0.416. The van der Waals surface area contributed by atoms with Crippen molar-refractivity contribution in [1.29, 1.82) is 0 Å². The van der Waals surface area contributed by atoms with Gasteiger partial charge in [0.2, 0.25) is 0 Å². The zero-order valence-corrected chi connectivity index (χ0v) is 13.7. The van der Waals surface area contributed by atoms with Crippen LogP contribution >= 0.6 is 23.2 Å². The minimum atomic E-state index is -0.102. The van der Waals surface area contributed by atoms with E-state index in [4.69, 9.17) is 32.7 Å². The quantitative estimate of drug-likeness (QED) is 0.538. The lowest BCUT2D eigenvalue weighted by Crippen LogP contribution is -2.12. The Morgan fingerprint density at radius 1 is 1.10 bits per heavy atom. The van der Waals surface area contributed by atoms with E-state index in [9.17, 15) is 4.79 Å². The molecule has 0 aliphatic rings. The first-order chi connectivity index (χ1) is 9.35. The third-order valence-electron chi connectivity index (χ3n) is 2.38. The van der Waals surface area contributed by atoms with Crippen molar-refractivity contribution in [2.75, 3.05) is 5.88 Å². The lowest BCUT2D eigenvalue weighted by atomic mass is 10.1. The second-order valence-corrected chi connectivity index (χ2v) is 5.76. The summed E-state index contributed by atoms with van der Waals surface area (Å²) in [6, 6.07) is 3.26. The molecular formula is C15H20Cl2O3. The summed E-state index contributed by atoms with van der Waals surface area (Å²) in [6.07, 6.45) is 0.207. The van der Waals surface area contributed by atoms with E-state index in [-0.39, 0.29) is 30.3 Å². The zero-order valence-electron chi connectivity index (χ0n) is 12.2. The molecule has 3 nitrogen and oxygen atoms in total. The van der Waals surface area contributed by atoms with E-state index in [0.717, 1.165) is 0 Å². The average Bonchev–Trinajstić information content (AvgIpc) is 2.31. The van der Waals surface area contributed by atoms with Crippen LogP contribution in [0.2, 0.25) is 5.02 Å². The number of hydrogen-bond donors (Lipinski definition) is 0. The van der Waals surface area contributed by atoms with Crippen LogP contribution in [0.1, 0.15) is 44.5 Å². The highest BCUT2D eigenvalue weighted by Crippen LogP contribution is 2.35. The molecule has 112 valence electrons. The summed E-state index contributed by atoms with van der Waals surface area (Å²) >= 11 is 11.8. The fourth-order valence-corrected chi connectivity index (χ4v) is 2.09. The van der Waals surface area contributed by atoms with E-state index in [1.165, 1.54) is 0 Å². The Hall–Kier alpha value is -0.930. The molecular weight excluding hydrogens is 299 g/mol. The zero-order chi connectivity index (χ0) is 15.3. The Kier molecular flexibility index (Phi) is 6.63. The molecule has 0 atom stereocenters. The molecule has 1 aromatic carbocycles. The third-order valence-corrected chi connectivity index (χ3v) is 2.88. The maximum absolute atomic E-state index is 12.0. The van der Waals surface area contributed by atoms with Gasteiger partial charge in [-0.1, -0.05) is 11.6 Å². The summed E-state index contributed by atoms with van der Waals surface area (Å²) < 4.78 is 11.4. The number of alkyl halides is 1. The Balaban J connectivity index is 3.20. The van der Waals surface area contributed by atoms with Crippen LogP contribution in [0, 0.1) is 0 Å². The van der Waals surface area contributed by atoms with Crippen LogP contribution in [0.4, 0.5) is 0 Å². The molecule has 0 saturated heterocycles. The van der Waals surface area contributed by atoms with Crippen molar-refractivity contribution >= 4 is 29.0 Å². The smallest absolute Gasteiger partial charge is 0.165 e. The third kappa shape index (κ3) is 4.88. The molecule has 0 amide bonds. The standard InChI is InChI=1S/C15H20Cl2O3/c1-9(2)19-14-7-11(13(18)5-6-16)12(17)8-15(14)20-10(3)4/h7-10H,5-6H2,1-4H3. The van der Waals surface area contributed by atoms with Crippen LogP contribution in [-0.4, -0.2) is 23.9 Å². The second-order valence-electron chi connectivity index (χ2n) is 4.97. The molecule has 0 aliphatic carbocycles. The molecule has 0 radical (unpaired) electrons. The van der Waals surface area contributed by atoms with Gasteiger partial charge in [0.15, 0.2) is 17.3 Å². The summed E-state index contributed by atoms with van der Waals surface area (Å²) in [6.45, 7) is 7.65. The number of halogens is 2. The highest BCUT2D eigenvalue weighted by Gasteiger charge is 2.17. The van der Waals surface area contributed by atoms with Crippen molar-refractivity contribution in [3.05, 3.63) is 22.7 Å². The first-order valence-electron chi connectivity index (χ1n) is 6.61. The molecule has 1 aromatic rings. The van der Waals surface area contributed by atoms with Crippen LogP contribution in [-0.2, 0) is 0 Å². The van der Waals surface area contributed by atoms with Gasteiger partial charge in [-0.25, -0.2) is 0 Å². The van der Waals surface area contributed by atoms with Gasteiger partial charge in [0.05, 0.1) is 17.2 Å². The molecule has 0 unspecified atom stereocenters. The molecule has 1 rings (SSSR count). The number of carbonyl (C=O) groups excluding carboxylic acids is 1. The van der Waals surface area contributed by atoms with Gasteiger partial charge in [0, 0.05) is 23.9 Å². The Morgan fingerprint density at radius 3 is 2.05 bits per heavy atom. The number of benzene rings is 1.